The van der Waals surface area contributed by atoms with Crippen LogP contribution >= 0.6 is 0 Å². The summed E-state index contributed by atoms with van der Waals surface area (Å²) in [5.74, 6) is -0.349. The number of aromatic nitrogens is 2. The fraction of sp³-hybridized carbons (Fsp3) is 0.444. The van der Waals surface area contributed by atoms with E-state index in [1.807, 2.05) is 0 Å². The Morgan fingerprint density at radius 1 is 1.53 bits per heavy atom. The standard InChI is InChI=1S/C9H14N4O2/c10-7(3-1-4-8(14)15)13-9-11-5-2-6-12-9/h2,5-7H,1,3-4,10H2,(H,14,15)(H,11,12,13). The topological polar surface area (TPSA) is 101 Å². The SMILES string of the molecule is NC(CCCC(=O)O)Nc1ncccn1. The monoisotopic (exact) mass is 210 g/mol. The largest absolute Gasteiger partial charge is 0.481 e. The van der Waals surface area contributed by atoms with Gasteiger partial charge in [0.15, 0.2) is 0 Å². The Labute approximate surface area is 87.5 Å². The van der Waals surface area contributed by atoms with Crippen molar-refractivity contribution in [2.24, 2.45) is 5.73 Å². The van der Waals surface area contributed by atoms with E-state index in [0.29, 0.717) is 18.8 Å². The highest BCUT2D eigenvalue weighted by Gasteiger charge is 2.05. The fourth-order valence-electron chi connectivity index (χ4n) is 1.08. The van der Waals surface area contributed by atoms with E-state index in [9.17, 15) is 4.79 Å². The second-order valence-corrected chi connectivity index (χ2v) is 3.11. The Kier molecular flexibility index (Phi) is 4.49. The third kappa shape index (κ3) is 4.92. The molecule has 0 bridgehead atoms. The molecular formula is C9H14N4O2. The molecule has 0 radical (unpaired) electrons. The summed E-state index contributed by atoms with van der Waals surface area (Å²) < 4.78 is 0. The molecule has 1 atom stereocenters. The molecule has 6 heteroatoms. The molecule has 6 nitrogen and oxygen atoms in total. The maximum absolute atomic E-state index is 10.3. The first-order valence-electron chi connectivity index (χ1n) is 4.69. The van der Waals surface area contributed by atoms with Crippen LogP contribution in [0.25, 0.3) is 0 Å². The van der Waals surface area contributed by atoms with Gasteiger partial charge in [0.2, 0.25) is 5.95 Å². The third-order valence-electron chi connectivity index (χ3n) is 1.79. The molecule has 1 aromatic heterocycles. The predicted molar refractivity (Wildman–Crippen MR) is 55.1 cm³/mol. The molecule has 1 heterocycles. The molecule has 0 fully saturated rings. The lowest BCUT2D eigenvalue weighted by atomic mass is 10.2. The second kappa shape index (κ2) is 5.92. The van der Waals surface area contributed by atoms with Gasteiger partial charge in [-0.3, -0.25) is 4.79 Å². The van der Waals surface area contributed by atoms with E-state index in [2.05, 4.69) is 15.3 Å². The van der Waals surface area contributed by atoms with E-state index in [0.717, 1.165) is 0 Å². The Bertz CT molecular complexity index is 304. The van der Waals surface area contributed by atoms with Gasteiger partial charge in [-0.1, -0.05) is 0 Å². The average molecular weight is 210 g/mol. The van der Waals surface area contributed by atoms with E-state index in [4.69, 9.17) is 10.8 Å². The van der Waals surface area contributed by atoms with Crippen LogP contribution in [-0.2, 0) is 4.79 Å². The average Bonchev–Trinajstić information content (AvgIpc) is 2.18. The van der Waals surface area contributed by atoms with Crippen LogP contribution in [0.2, 0.25) is 0 Å². The smallest absolute Gasteiger partial charge is 0.303 e. The highest BCUT2D eigenvalue weighted by Crippen LogP contribution is 2.02. The minimum Gasteiger partial charge on any atom is -0.481 e. The number of anilines is 1. The van der Waals surface area contributed by atoms with E-state index >= 15 is 0 Å². The van der Waals surface area contributed by atoms with Gasteiger partial charge >= 0.3 is 5.97 Å². The second-order valence-electron chi connectivity index (χ2n) is 3.11. The summed E-state index contributed by atoms with van der Waals surface area (Å²) in [6, 6.07) is 1.71. The van der Waals surface area contributed by atoms with Gasteiger partial charge in [0.05, 0.1) is 6.17 Å². The number of hydrogen-bond donors (Lipinski definition) is 3. The van der Waals surface area contributed by atoms with Crippen LogP contribution in [-0.4, -0.2) is 27.2 Å². The normalized spacial score (nSPS) is 12.1. The zero-order valence-electron chi connectivity index (χ0n) is 8.26. The van der Waals surface area contributed by atoms with Crippen molar-refractivity contribution < 1.29 is 9.90 Å². The maximum Gasteiger partial charge on any atom is 0.303 e. The zero-order valence-corrected chi connectivity index (χ0v) is 8.26. The number of nitrogens with zero attached hydrogens (tertiary/aromatic N) is 2. The number of carbonyl (C=O) groups is 1. The van der Waals surface area contributed by atoms with Gasteiger partial charge in [0.1, 0.15) is 0 Å². The van der Waals surface area contributed by atoms with Crippen LogP contribution in [0, 0.1) is 0 Å². The molecule has 0 aliphatic carbocycles. The third-order valence-corrected chi connectivity index (χ3v) is 1.79. The van der Waals surface area contributed by atoms with Gasteiger partial charge in [-0.2, -0.15) is 0 Å². The molecule has 1 rings (SSSR count). The molecule has 4 N–H and O–H groups in total. The van der Waals surface area contributed by atoms with Crippen molar-refractivity contribution in [3.05, 3.63) is 18.5 Å². The summed E-state index contributed by atoms with van der Waals surface area (Å²) in [5.41, 5.74) is 5.71. The van der Waals surface area contributed by atoms with Crippen molar-refractivity contribution in [3.8, 4) is 0 Å². The first kappa shape index (κ1) is 11.4. The first-order valence-corrected chi connectivity index (χ1v) is 4.69. The summed E-state index contributed by atoms with van der Waals surface area (Å²) in [6.45, 7) is 0. The van der Waals surface area contributed by atoms with Crippen molar-refractivity contribution in [1.82, 2.24) is 9.97 Å². The molecule has 0 aliphatic rings. The summed E-state index contributed by atoms with van der Waals surface area (Å²) in [7, 11) is 0. The predicted octanol–water partition coefficient (Wildman–Crippen LogP) is 0.428. The Hall–Kier alpha value is -1.69. The van der Waals surface area contributed by atoms with Gasteiger partial charge in [-0.25, -0.2) is 9.97 Å². The minimum atomic E-state index is -0.807. The highest BCUT2D eigenvalue weighted by atomic mass is 16.4. The number of carboxylic acids is 1. The van der Waals surface area contributed by atoms with Crippen molar-refractivity contribution in [2.45, 2.75) is 25.4 Å². The van der Waals surface area contributed by atoms with Crippen molar-refractivity contribution >= 4 is 11.9 Å². The van der Waals surface area contributed by atoms with Crippen LogP contribution < -0.4 is 11.1 Å². The van der Waals surface area contributed by atoms with Crippen molar-refractivity contribution in [1.29, 1.82) is 0 Å². The van der Waals surface area contributed by atoms with E-state index in [-0.39, 0.29) is 12.6 Å². The highest BCUT2D eigenvalue weighted by molar-refractivity contribution is 5.66. The summed E-state index contributed by atoms with van der Waals surface area (Å²) in [4.78, 5) is 18.1. The number of rotatable bonds is 6. The van der Waals surface area contributed by atoms with Crippen LogP contribution in [0.1, 0.15) is 19.3 Å². The minimum absolute atomic E-state index is 0.130. The van der Waals surface area contributed by atoms with Gasteiger partial charge in [-0.15, -0.1) is 0 Å². The lowest BCUT2D eigenvalue weighted by Crippen LogP contribution is -2.30. The Morgan fingerprint density at radius 2 is 2.20 bits per heavy atom. The van der Waals surface area contributed by atoms with Crippen molar-refractivity contribution in [3.63, 3.8) is 0 Å². The van der Waals surface area contributed by atoms with Gasteiger partial charge in [-0.05, 0) is 18.9 Å². The maximum atomic E-state index is 10.3. The number of nitrogens with one attached hydrogen (secondary N) is 1. The zero-order chi connectivity index (χ0) is 11.1. The van der Waals surface area contributed by atoms with Crippen molar-refractivity contribution in [2.75, 3.05) is 5.32 Å². The molecule has 0 amide bonds. The van der Waals surface area contributed by atoms with Gasteiger partial charge < -0.3 is 16.2 Å². The summed E-state index contributed by atoms with van der Waals surface area (Å²) in [5, 5.41) is 11.3. The molecule has 0 saturated carbocycles. The molecule has 15 heavy (non-hydrogen) atoms. The van der Waals surface area contributed by atoms with Crippen LogP contribution in [0.3, 0.4) is 0 Å². The Balaban J connectivity index is 2.24. The fourth-order valence-corrected chi connectivity index (χ4v) is 1.08. The lowest BCUT2D eigenvalue weighted by Gasteiger charge is -2.12. The number of carboxylic acid groups (broad SMARTS) is 1. The molecule has 0 saturated heterocycles. The molecule has 0 aliphatic heterocycles. The molecule has 1 aromatic rings. The quantitative estimate of drug-likeness (QED) is 0.588. The number of nitrogens with two attached hydrogens (primary N) is 1. The van der Waals surface area contributed by atoms with Gasteiger partial charge in [0.25, 0.3) is 0 Å². The van der Waals surface area contributed by atoms with Crippen LogP contribution in [0.15, 0.2) is 18.5 Å². The van der Waals surface area contributed by atoms with E-state index in [1.54, 1.807) is 18.5 Å². The summed E-state index contributed by atoms with van der Waals surface area (Å²) in [6.07, 6.45) is 4.15. The first-order chi connectivity index (χ1) is 7.18. The molecule has 0 spiro atoms. The number of hydrogen-bond acceptors (Lipinski definition) is 5. The summed E-state index contributed by atoms with van der Waals surface area (Å²) >= 11 is 0. The number of aliphatic carboxylic acids is 1. The lowest BCUT2D eigenvalue weighted by molar-refractivity contribution is -0.137. The molecule has 0 aromatic carbocycles. The molecule has 1 unspecified atom stereocenters. The van der Waals surface area contributed by atoms with Crippen LogP contribution in [0.5, 0.6) is 0 Å². The Morgan fingerprint density at radius 3 is 2.80 bits per heavy atom. The van der Waals surface area contributed by atoms with Gasteiger partial charge in [0, 0.05) is 18.8 Å². The molecular weight excluding hydrogens is 196 g/mol. The van der Waals surface area contributed by atoms with Crippen LogP contribution in [0.4, 0.5) is 5.95 Å². The molecule has 82 valence electrons. The van der Waals surface area contributed by atoms with E-state index in [1.165, 1.54) is 0 Å². The van der Waals surface area contributed by atoms with E-state index < -0.39 is 5.97 Å².